The van der Waals surface area contributed by atoms with Gasteiger partial charge in [0.1, 0.15) is 0 Å². The predicted molar refractivity (Wildman–Crippen MR) is 63.7 cm³/mol. The number of nitrogens with two attached hydrogens (primary N) is 2. The van der Waals surface area contributed by atoms with Gasteiger partial charge in [-0.2, -0.15) is 0 Å². The Morgan fingerprint density at radius 2 is 2.00 bits per heavy atom. The zero-order chi connectivity index (χ0) is 11.5. The summed E-state index contributed by atoms with van der Waals surface area (Å²) in [5.74, 6) is 5.37. The van der Waals surface area contributed by atoms with Crippen LogP contribution in [0.4, 0.5) is 5.69 Å². The van der Waals surface area contributed by atoms with E-state index in [0.717, 1.165) is 0 Å². The van der Waals surface area contributed by atoms with Gasteiger partial charge in [0.15, 0.2) is 0 Å². The van der Waals surface area contributed by atoms with Crippen LogP contribution in [0.25, 0.3) is 0 Å². The lowest BCUT2D eigenvalue weighted by Crippen LogP contribution is -2.30. The maximum atomic E-state index is 11.5. The molecule has 0 heterocycles. The second kappa shape index (κ2) is 4.53. The Labute approximate surface area is 95.0 Å². The number of hydrogen-bond acceptors (Lipinski definition) is 3. The van der Waals surface area contributed by atoms with E-state index in [9.17, 15) is 4.79 Å². The Balaban J connectivity index is 2.30. The van der Waals surface area contributed by atoms with Crippen LogP contribution in [-0.4, -0.2) is 5.91 Å². The molecule has 1 aliphatic rings. The van der Waals surface area contributed by atoms with E-state index in [1.54, 1.807) is 6.07 Å². The Hall–Kier alpha value is -1.55. The van der Waals surface area contributed by atoms with Crippen molar-refractivity contribution in [2.75, 3.05) is 5.73 Å². The molecule has 86 valence electrons. The monoisotopic (exact) mass is 219 g/mol. The topological polar surface area (TPSA) is 81.1 Å². The highest BCUT2D eigenvalue weighted by molar-refractivity contribution is 5.98. The molecule has 0 bridgehead atoms. The number of rotatable bonds is 2. The van der Waals surface area contributed by atoms with Gasteiger partial charge in [0, 0.05) is 5.69 Å². The number of benzene rings is 1. The number of hydrogen-bond donors (Lipinski definition) is 3. The molecule has 1 saturated carbocycles. The number of anilines is 1. The second-order valence-electron chi connectivity index (χ2n) is 4.30. The summed E-state index contributed by atoms with van der Waals surface area (Å²) in [6.45, 7) is 0. The average molecular weight is 219 g/mol. The molecule has 5 N–H and O–H groups in total. The van der Waals surface area contributed by atoms with Crippen molar-refractivity contribution in [3.8, 4) is 0 Å². The van der Waals surface area contributed by atoms with Gasteiger partial charge in [-0.05, 0) is 36.5 Å². The molecule has 0 aromatic heterocycles. The van der Waals surface area contributed by atoms with Crippen molar-refractivity contribution >= 4 is 11.6 Å². The molecular weight excluding hydrogens is 202 g/mol. The Morgan fingerprint density at radius 3 is 2.62 bits per heavy atom. The van der Waals surface area contributed by atoms with E-state index < -0.39 is 0 Å². The molecule has 1 fully saturated rings. The summed E-state index contributed by atoms with van der Waals surface area (Å²) >= 11 is 0. The molecule has 0 spiro atoms. The third-order valence-electron chi connectivity index (χ3n) is 3.28. The van der Waals surface area contributed by atoms with E-state index in [4.69, 9.17) is 11.6 Å². The zero-order valence-electron chi connectivity index (χ0n) is 9.20. The minimum Gasteiger partial charge on any atom is -0.398 e. The van der Waals surface area contributed by atoms with Crippen molar-refractivity contribution in [2.24, 2.45) is 5.84 Å². The van der Waals surface area contributed by atoms with Gasteiger partial charge in [-0.25, -0.2) is 5.84 Å². The lowest BCUT2D eigenvalue weighted by atomic mass is 9.95. The van der Waals surface area contributed by atoms with Crippen LogP contribution in [-0.2, 0) is 0 Å². The van der Waals surface area contributed by atoms with Gasteiger partial charge >= 0.3 is 0 Å². The largest absolute Gasteiger partial charge is 0.398 e. The fraction of sp³-hybridized carbons (Fsp3) is 0.417. The average Bonchev–Trinajstić information content (AvgIpc) is 2.82. The molecule has 4 nitrogen and oxygen atoms in total. The summed E-state index contributed by atoms with van der Waals surface area (Å²) in [6, 6.07) is 5.67. The van der Waals surface area contributed by atoms with Gasteiger partial charge in [-0.1, -0.05) is 18.9 Å². The first-order valence-corrected chi connectivity index (χ1v) is 5.62. The molecule has 4 heteroatoms. The van der Waals surface area contributed by atoms with Crippen LogP contribution >= 0.6 is 0 Å². The van der Waals surface area contributed by atoms with Crippen LogP contribution in [0.1, 0.15) is 47.5 Å². The molecule has 0 radical (unpaired) electrons. The normalized spacial score (nSPS) is 16.3. The maximum absolute atomic E-state index is 11.5. The lowest BCUT2D eigenvalue weighted by Gasteiger charge is -2.12. The molecule has 0 saturated heterocycles. The Bertz CT molecular complexity index is 397. The van der Waals surface area contributed by atoms with Crippen molar-refractivity contribution in [1.82, 2.24) is 5.43 Å². The summed E-state index contributed by atoms with van der Waals surface area (Å²) in [5.41, 5.74) is 10.0. The number of carbonyl (C=O) groups is 1. The van der Waals surface area contributed by atoms with Crippen molar-refractivity contribution in [3.05, 3.63) is 29.3 Å². The number of carbonyl (C=O) groups excluding carboxylic acids is 1. The van der Waals surface area contributed by atoms with Gasteiger partial charge in [-0.15, -0.1) is 0 Å². The molecule has 1 aromatic carbocycles. The summed E-state index contributed by atoms with van der Waals surface area (Å²) in [6.07, 6.45) is 4.95. The highest BCUT2D eigenvalue weighted by atomic mass is 16.2. The molecule has 0 atom stereocenters. The highest BCUT2D eigenvalue weighted by Crippen LogP contribution is 2.35. The molecule has 2 rings (SSSR count). The molecule has 0 aliphatic heterocycles. The molecule has 1 aliphatic carbocycles. The Morgan fingerprint density at radius 1 is 1.31 bits per heavy atom. The van der Waals surface area contributed by atoms with Crippen LogP contribution in [0.15, 0.2) is 18.2 Å². The van der Waals surface area contributed by atoms with Crippen LogP contribution in [0.2, 0.25) is 0 Å². The van der Waals surface area contributed by atoms with E-state index in [0.29, 0.717) is 17.2 Å². The standard InChI is InChI=1S/C12H17N3O/c13-11-6-5-9(8-3-1-2-4-8)7-10(11)12(16)15-14/h5-8H,1-4,13-14H2,(H,15,16). The third-order valence-corrected chi connectivity index (χ3v) is 3.28. The minimum atomic E-state index is -0.322. The lowest BCUT2D eigenvalue weighted by molar-refractivity contribution is 0.0954. The second-order valence-corrected chi connectivity index (χ2v) is 4.30. The number of hydrazine groups is 1. The third kappa shape index (κ3) is 2.02. The SMILES string of the molecule is NNC(=O)c1cc(C2CCCC2)ccc1N. The van der Waals surface area contributed by atoms with Crippen molar-refractivity contribution in [3.63, 3.8) is 0 Å². The molecule has 0 unspecified atom stereocenters. The van der Waals surface area contributed by atoms with E-state index in [-0.39, 0.29) is 5.91 Å². The van der Waals surface area contributed by atoms with Gasteiger partial charge in [-0.3, -0.25) is 10.2 Å². The highest BCUT2D eigenvalue weighted by Gasteiger charge is 2.19. The number of nitrogens with one attached hydrogen (secondary N) is 1. The fourth-order valence-corrected chi connectivity index (χ4v) is 2.36. The predicted octanol–water partition coefficient (Wildman–Crippen LogP) is 1.53. The van der Waals surface area contributed by atoms with E-state index in [1.165, 1.54) is 31.2 Å². The first-order valence-electron chi connectivity index (χ1n) is 5.62. The van der Waals surface area contributed by atoms with Crippen molar-refractivity contribution in [1.29, 1.82) is 0 Å². The molecule has 1 aromatic rings. The summed E-state index contributed by atoms with van der Waals surface area (Å²) in [4.78, 5) is 11.5. The van der Waals surface area contributed by atoms with Crippen LogP contribution in [0.3, 0.4) is 0 Å². The summed E-state index contributed by atoms with van der Waals surface area (Å²) < 4.78 is 0. The smallest absolute Gasteiger partial charge is 0.267 e. The molecule has 16 heavy (non-hydrogen) atoms. The van der Waals surface area contributed by atoms with Crippen LogP contribution < -0.4 is 17.0 Å². The number of nitrogen functional groups attached to an aromatic ring is 2. The summed E-state index contributed by atoms with van der Waals surface area (Å²) in [7, 11) is 0. The minimum absolute atomic E-state index is 0.322. The maximum Gasteiger partial charge on any atom is 0.267 e. The van der Waals surface area contributed by atoms with Gasteiger partial charge in [0.25, 0.3) is 5.91 Å². The van der Waals surface area contributed by atoms with E-state index in [2.05, 4.69) is 5.43 Å². The fourth-order valence-electron chi connectivity index (χ4n) is 2.36. The summed E-state index contributed by atoms with van der Waals surface area (Å²) in [5, 5.41) is 0. The Kier molecular flexibility index (Phi) is 3.10. The van der Waals surface area contributed by atoms with E-state index >= 15 is 0 Å². The van der Waals surface area contributed by atoms with Gasteiger partial charge in [0.2, 0.25) is 0 Å². The molecular formula is C12H17N3O. The van der Waals surface area contributed by atoms with Gasteiger partial charge in [0.05, 0.1) is 5.56 Å². The number of amides is 1. The van der Waals surface area contributed by atoms with E-state index in [1.807, 2.05) is 12.1 Å². The van der Waals surface area contributed by atoms with Crippen LogP contribution in [0.5, 0.6) is 0 Å². The first kappa shape index (κ1) is 11.0. The quantitative estimate of drug-likeness (QED) is 0.305. The van der Waals surface area contributed by atoms with Crippen molar-refractivity contribution in [2.45, 2.75) is 31.6 Å². The van der Waals surface area contributed by atoms with Crippen molar-refractivity contribution < 1.29 is 4.79 Å². The zero-order valence-corrected chi connectivity index (χ0v) is 9.20. The first-order chi connectivity index (χ1) is 7.72. The molecule has 1 amide bonds. The van der Waals surface area contributed by atoms with Gasteiger partial charge < -0.3 is 5.73 Å². The van der Waals surface area contributed by atoms with Crippen LogP contribution in [0, 0.1) is 0 Å².